The summed E-state index contributed by atoms with van der Waals surface area (Å²) in [5.74, 6) is 0.389. The Balaban J connectivity index is 1.87. The van der Waals surface area contributed by atoms with E-state index in [-0.39, 0.29) is 22.2 Å². The highest BCUT2D eigenvalue weighted by Crippen LogP contribution is 2.38. The van der Waals surface area contributed by atoms with Crippen molar-refractivity contribution in [3.8, 4) is 11.5 Å². The summed E-state index contributed by atoms with van der Waals surface area (Å²) < 4.78 is 30.3. The van der Waals surface area contributed by atoms with Gasteiger partial charge in [-0.3, -0.25) is 0 Å². The number of benzene rings is 2. The molecule has 0 aliphatic carbocycles. The maximum Gasteiger partial charge on any atom is 0.210 e. The first-order chi connectivity index (χ1) is 9.98. The number of rotatable bonds is 3. The van der Waals surface area contributed by atoms with Crippen LogP contribution >= 0.6 is 0 Å². The number of phenolic OH excluding ortho intramolecular Hbond substituents is 1. The van der Waals surface area contributed by atoms with E-state index in [2.05, 4.69) is 0 Å². The molecule has 2 aromatic carbocycles. The average Bonchev–Trinajstić information content (AvgIpc) is 2.69. The summed E-state index contributed by atoms with van der Waals surface area (Å²) >= 11 is 0. The minimum atomic E-state index is -3.67. The number of sulfone groups is 1. The summed E-state index contributed by atoms with van der Waals surface area (Å²) in [6.07, 6.45) is 1.54. The normalized spacial score (nSPS) is 15.4. The lowest BCUT2D eigenvalue weighted by Crippen LogP contribution is -2.09. The molecule has 0 spiro atoms. The summed E-state index contributed by atoms with van der Waals surface area (Å²) in [4.78, 5) is 0.119. The first kappa shape index (κ1) is 13.7. The van der Waals surface area contributed by atoms with Gasteiger partial charge >= 0.3 is 0 Å². The molecule has 0 amide bonds. The van der Waals surface area contributed by atoms with Gasteiger partial charge in [0.25, 0.3) is 0 Å². The van der Waals surface area contributed by atoms with E-state index in [9.17, 15) is 13.5 Å². The predicted molar refractivity (Wildman–Crippen MR) is 79.9 cm³/mol. The van der Waals surface area contributed by atoms with E-state index in [1.165, 1.54) is 6.07 Å². The van der Waals surface area contributed by atoms with E-state index in [0.29, 0.717) is 11.3 Å². The van der Waals surface area contributed by atoms with Crippen LogP contribution < -0.4 is 4.74 Å². The van der Waals surface area contributed by atoms with Crippen LogP contribution in [-0.4, -0.2) is 20.1 Å². The average molecular weight is 302 g/mol. The van der Waals surface area contributed by atoms with E-state index in [4.69, 9.17) is 4.74 Å². The van der Waals surface area contributed by atoms with Crippen molar-refractivity contribution in [2.75, 3.05) is 6.61 Å². The Morgan fingerprint density at radius 2 is 1.90 bits per heavy atom. The predicted octanol–water partition coefficient (Wildman–Crippen LogP) is 2.91. The Kier molecular flexibility index (Phi) is 3.22. The van der Waals surface area contributed by atoms with Crippen LogP contribution in [-0.2, 0) is 9.84 Å². The number of phenols is 1. The Labute approximate surface area is 123 Å². The summed E-state index contributed by atoms with van der Waals surface area (Å²) in [6, 6.07) is 12.0. The van der Waals surface area contributed by atoms with Crippen LogP contribution in [0.4, 0.5) is 0 Å². The molecule has 3 rings (SSSR count). The Morgan fingerprint density at radius 1 is 1.14 bits per heavy atom. The largest absolute Gasteiger partial charge is 0.507 e. The second-order valence-corrected chi connectivity index (χ2v) is 6.85. The SMILES string of the molecule is Cc1cccc(OCC2=Cc3cccc(O)c3S2(=O)=O)c1. The first-order valence-corrected chi connectivity index (χ1v) is 7.94. The van der Waals surface area contributed by atoms with Gasteiger partial charge in [0.2, 0.25) is 9.84 Å². The fraction of sp³-hybridized carbons (Fsp3) is 0.125. The van der Waals surface area contributed by atoms with E-state index in [1.54, 1.807) is 24.3 Å². The standard InChI is InChI=1S/C16H14O4S/c1-11-4-2-6-13(8-11)20-10-14-9-12-5-3-7-15(17)16(12)21(14,18)19/h2-9,17H,10H2,1H3. The summed E-state index contributed by atoms with van der Waals surface area (Å²) in [5, 5.41) is 9.75. The van der Waals surface area contributed by atoms with Crippen molar-refractivity contribution in [1.82, 2.24) is 0 Å². The van der Waals surface area contributed by atoms with Gasteiger partial charge in [0.05, 0.1) is 4.91 Å². The van der Waals surface area contributed by atoms with Gasteiger partial charge in [-0.15, -0.1) is 0 Å². The molecule has 21 heavy (non-hydrogen) atoms. The maximum atomic E-state index is 12.4. The summed E-state index contributed by atoms with van der Waals surface area (Å²) in [6.45, 7) is 1.88. The summed E-state index contributed by atoms with van der Waals surface area (Å²) in [5.41, 5.74) is 1.54. The number of ether oxygens (including phenoxy) is 1. The molecule has 0 fully saturated rings. The van der Waals surface area contributed by atoms with Crippen LogP contribution in [0.3, 0.4) is 0 Å². The van der Waals surface area contributed by atoms with Crippen molar-refractivity contribution in [2.24, 2.45) is 0 Å². The van der Waals surface area contributed by atoms with Gasteiger partial charge in [-0.1, -0.05) is 24.3 Å². The van der Waals surface area contributed by atoms with Gasteiger partial charge in [0, 0.05) is 0 Å². The van der Waals surface area contributed by atoms with Gasteiger partial charge in [-0.05, 0) is 42.3 Å². The number of aromatic hydroxyl groups is 1. The van der Waals surface area contributed by atoms with Crippen LogP contribution in [0.5, 0.6) is 11.5 Å². The zero-order valence-electron chi connectivity index (χ0n) is 11.4. The Bertz CT molecular complexity index is 835. The number of fused-ring (bicyclic) bond motifs is 1. The molecule has 1 aliphatic rings. The Morgan fingerprint density at radius 3 is 2.62 bits per heavy atom. The molecular formula is C16H14O4S. The topological polar surface area (TPSA) is 63.6 Å². The van der Waals surface area contributed by atoms with Crippen molar-refractivity contribution in [3.63, 3.8) is 0 Å². The van der Waals surface area contributed by atoms with Crippen molar-refractivity contribution in [2.45, 2.75) is 11.8 Å². The molecule has 1 aliphatic heterocycles. The van der Waals surface area contributed by atoms with Crippen LogP contribution in [0.2, 0.25) is 0 Å². The van der Waals surface area contributed by atoms with Crippen LogP contribution in [0.25, 0.3) is 6.08 Å². The molecule has 0 unspecified atom stereocenters. The third-order valence-electron chi connectivity index (χ3n) is 3.33. The zero-order chi connectivity index (χ0) is 15.0. The lowest BCUT2D eigenvalue weighted by Gasteiger charge is -2.08. The van der Waals surface area contributed by atoms with Crippen LogP contribution in [0.15, 0.2) is 52.3 Å². The van der Waals surface area contributed by atoms with Crippen molar-refractivity contribution in [3.05, 3.63) is 58.5 Å². The summed E-state index contributed by atoms with van der Waals surface area (Å²) in [7, 11) is -3.67. The van der Waals surface area contributed by atoms with Gasteiger partial charge in [-0.2, -0.15) is 0 Å². The van der Waals surface area contributed by atoms with Gasteiger partial charge in [0.15, 0.2) is 0 Å². The molecular weight excluding hydrogens is 288 g/mol. The lowest BCUT2D eigenvalue weighted by molar-refractivity contribution is 0.358. The highest BCUT2D eigenvalue weighted by molar-refractivity contribution is 7.96. The second kappa shape index (κ2) is 4.93. The molecule has 5 heteroatoms. The third-order valence-corrected chi connectivity index (χ3v) is 5.23. The molecule has 1 heterocycles. The quantitative estimate of drug-likeness (QED) is 0.947. The molecule has 0 bridgehead atoms. The molecule has 0 saturated heterocycles. The molecule has 0 saturated carbocycles. The van der Waals surface area contributed by atoms with Crippen LogP contribution in [0, 0.1) is 6.92 Å². The molecule has 0 radical (unpaired) electrons. The second-order valence-electron chi connectivity index (χ2n) is 4.91. The number of hydrogen-bond donors (Lipinski definition) is 1. The fourth-order valence-corrected chi connectivity index (χ4v) is 3.85. The highest BCUT2D eigenvalue weighted by Gasteiger charge is 2.32. The first-order valence-electron chi connectivity index (χ1n) is 6.45. The number of hydrogen-bond acceptors (Lipinski definition) is 4. The van der Waals surface area contributed by atoms with E-state index in [1.807, 2.05) is 25.1 Å². The molecule has 108 valence electrons. The minimum absolute atomic E-state index is 0.0344. The Hall–Kier alpha value is -2.27. The third kappa shape index (κ3) is 2.40. The van der Waals surface area contributed by atoms with Crippen molar-refractivity contribution < 1.29 is 18.3 Å². The van der Waals surface area contributed by atoms with Gasteiger partial charge < -0.3 is 9.84 Å². The minimum Gasteiger partial charge on any atom is -0.507 e. The highest BCUT2D eigenvalue weighted by atomic mass is 32.2. The van der Waals surface area contributed by atoms with E-state index in [0.717, 1.165) is 5.56 Å². The van der Waals surface area contributed by atoms with Gasteiger partial charge in [0.1, 0.15) is 23.0 Å². The number of aryl methyl sites for hydroxylation is 1. The van der Waals surface area contributed by atoms with E-state index >= 15 is 0 Å². The monoisotopic (exact) mass is 302 g/mol. The lowest BCUT2D eigenvalue weighted by atomic mass is 10.2. The molecule has 0 aromatic heterocycles. The van der Waals surface area contributed by atoms with Gasteiger partial charge in [-0.25, -0.2) is 8.42 Å². The van der Waals surface area contributed by atoms with Crippen molar-refractivity contribution in [1.29, 1.82) is 0 Å². The molecule has 1 N–H and O–H groups in total. The fourth-order valence-electron chi connectivity index (χ4n) is 2.31. The van der Waals surface area contributed by atoms with Crippen LogP contribution in [0.1, 0.15) is 11.1 Å². The van der Waals surface area contributed by atoms with E-state index < -0.39 is 9.84 Å². The molecule has 4 nitrogen and oxygen atoms in total. The van der Waals surface area contributed by atoms with Crippen molar-refractivity contribution >= 4 is 15.9 Å². The molecule has 0 atom stereocenters. The maximum absolute atomic E-state index is 12.4. The molecule has 2 aromatic rings. The zero-order valence-corrected chi connectivity index (χ0v) is 12.2. The smallest absolute Gasteiger partial charge is 0.210 e.